The Labute approximate surface area is 117 Å². The van der Waals surface area contributed by atoms with Gasteiger partial charge in [-0.25, -0.2) is 0 Å². The molecule has 110 valence electrons. The lowest BCUT2D eigenvalue weighted by atomic mass is 9.82. The molecule has 0 aliphatic rings. The summed E-state index contributed by atoms with van der Waals surface area (Å²) in [6, 6.07) is 2.24. The molecule has 0 aliphatic carbocycles. The van der Waals surface area contributed by atoms with Gasteiger partial charge >= 0.3 is 0 Å². The fourth-order valence-corrected chi connectivity index (χ4v) is 2.22. The van der Waals surface area contributed by atoms with Crippen molar-refractivity contribution in [2.24, 2.45) is 12.5 Å². The number of aryl methyl sites for hydroxylation is 2. The molecule has 0 fully saturated rings. The van der Waals surface area contributed by atoms with Gasteiger partial charge in [-0.3, -0.25) is 4.68 Å². The summed E-state index contributed by atoms with van der Waals surface area (Å²) in [7, 11) is 3.78. The van der Waals surface area contributed by atoms with Crippen LogP contribution in [0.5, 0.6) is 0 Å². The van der Waals surface area contributed by atoms with Crippen molar-refractivity contribution < 1.29 is 4.74 Å². The molecule has 1 heterocycles. The fraction of sp³-hybridized carbons (Fsp3) is 0.800. The van der Waals surface area contributed by atoms with Gasteiger partial charge < -0.3 is 10.1 Å². The molecule has 0 bridgehead atoms. The molecule has 4 nitrogen and oxygen atoms in total. The molecule has 0 aliphatic heterocycles. The largest absolute Gasteiger partial charge is 0.383 e. The molecule has 19 heavy (non-hydrogen) atoms. The van der Waals surface area contributed by atoms with Gasteiger partial charge in [-0.1, -0.05) is 20.8 Å². The first-order chi connectivity index (χ1) is 9.04. The predicted octanol–water partition coefficient (Wildman–Crippen LogP) is 2.18. The Morgan fingerprint density at radius 2 is 2.16 bits per heavy atom. The maximum absolute atomic E-state index is 5.07. The number of nitrogens with one attached hydrogen (secondary N) is 1. The van der Waals surface area contributed by atoms with Crippen LogP contribution in [-0.2, 0) is 24.6 Å². The zero-order valence-electron chi connectivity index (χ0n) is 13.1. The number of rotatable bonds is 9. The summed E-state index contributed by atoms with van der Waals surface area (Å²) in [5, 5.41) is 8.02. The third-order valence-electron chi connectivity index (χ3n) is 3.89. The smallest absolute Gasteiger partial charge is 0.0624 e. The van der Waals surface area contributed by atoms with Crippen LogP contribution in [0.3, 0.4) is 0 Å². The second-order valence-corrected chi connectivity index (χ2v) is 5.61. The highest BCUT2D eigenvalue weighted by atomic mass is 16.5. The van der Waals surface area contributed by atoms with Crippen molar-refractivity contribution in [3.8, 4) is 0 Å². The number of ether oxygens (including phenoxy) is 1. The van der Waals surface area contributed by atoms with E-state index in [-0.39, 0.29) is 5.41 Å². The van der Waals surface area contributed by atoms with Crippen LogP contribution in [0.1, 0.15) is 38.6 Å². The minimum atomic E-state index is 0.270. The summed E-state index contributed by atoms with van der Waals surface area (Å²) in [6.45, 7) is 9.45. The maximum Gasteiger partial charge on any atom is 0.0624 e. The highest BCUT2D eigenvalue weighted by molar-refractivity contribution is 5.12. The Hall–Kier alpha value is -0.870. The van der Waals surface area contributed by atoms with E-state index >= 15 is 0 Å². The van der Waals surface area contributed by atoms with Crippen molar-refractivity contribution in [2.45, 2.75) is 40.0 Å². The molecule has 4 heteroatoms. The molecule has 1 atom stereocenters. The zero-order valence-corrected chi connectivity index (χ0v) is 13.1. The molecule has 1 unspecified atom stereocenters. The quantitative estimate of drug-likeness (QED) is 0.697. The second-order valence-electron chi connectivity index (χ2n) is 5.61. The van der Waals surface area contributed by atoms with E-state index in [2.05, 4.69) is 37.3 Å². The highest BCUT2D eigenvalue weighted by Crippen LogP contribution is 2.26. The van der Waals surface area contributed by atoms with E-state index in [9.17, 15) is 0 Å². The molecule has 0 radical (unpaired) electrons. The normalized spacial score (nSPS) is 14.6. The van der Waals surface area contributed by atoms with E-state index in [4.69, 9.17) is 4.74 Å². The number of hydrogen-bond acceptors (Lipinski definition) is 3. The van der Waals surface area contributed by atoms with Crippen LogP contribution in [0.25, 0.3) is 0 Å². The Balaban J connectivity index is 2.60. The van der Waals surface area contributed by atoms with Crippen LogP contribution in [0.15, 0.2) is 6.07 Å². The molecule has 1 aromatic heterocycles. The Morgan fingerprint density at radius 3 is 2.68 bits per heavy atom. The third kappa shape index (κ3) is 4.96. The van der Waals surface area contributed by atoms with E-state index in [1.807, 2.05) is 11.7 Å². The van der Waals surface area contributed by atoms with E-state index in [0.29, 0.717) is 0 Å². The zero-order chi connectivity index (χ0) is 14.3. The first kappa shape index (κ1) is 16.2. The van der Waals surface area contributed by atoms with Gasteiger partial charge in [-0.05, 0) is 30.7 Å². The van der Waals surface area contributed by atoms with Crippen LogP contribution in [-0.4, -0.2) is 36.6 Å². The van der Waals surface area contributed by atoms with E-state index in [0.717, 1.165) is 39.0 Å². The van der Waals surface area contributed by atoms with Crippen molar-refractivity contribution in [2.75, 3.05) is 26.8 Å². The lowest BCUT2D eigenvalue weighted by molar-refractivity contribution is 0.190. The maximum atomic E-state index is 5.07. The molecular weight excluding hydrogens is 238 g/mol. The molecule has 1 rings (SSSR count). The lowest BCUT2D eigenvalue weighted by Crippen LogP contribution is -2.35. The van der Waals surface area contributed by atoms with Gasteiger partial charge in [0.05, 0.1) is 12.3 Å². The fourth-order valence-electron chi connectivity index (χ4n) is 2.22. The standard InChI is InChI=1S/C15H29N3O/c1-6-13-10-14(18(4)17-13)11-15(3,7-2)12-16-8-9-19-5/h10,16H,6-9,11-12H2,1-5H3. The van der Waals surface area contributed by atoms with Gasteiger partial charge in [-0.2, -0.15) is 5.10 Å². The molecule has 0 saturated heterocycles. The van der Waals surface area contributed by atoms with Crippen LogP contribution in [0, 0.1) is 5.41 Å². The van der Waals surface area contributed by atoms with Crippen molar-refractivity contribution in [3.05, 3.63) is 17.5 Å². The molecule has 0 amide bonds. The summed E-state index contributed by atoms with van der Waals surface area (Å²) >= 11 is 0. The molecular formula is C15H29N3O. The summed E-state index contributed by atoms with van der Waals surface area (Å²) in [5.74, 6) is 0. The van der Waals surface area contributed by atoms with Gasteiger partial charge in [0.2, 0.25) is 0 Å². The Bertz CT molecular complexity index is 375. The van der Waals surface area contributed by atoms with Crippen LogP contribution < -0.4 is 5.32 Å². The van der Waals surface area contributed by atoms with Crippen molar-refractivity contribution in [1.82, 2.24) is 15.1 Å². The van der Waals surface area contributed by atoms with Gasteiger partial charge in [0, 0.05) is 32.9 Å². The molecule has 0 spiro atoms. The van der Waals surface area contributed by atoms with Crippen molar-refractivity contribution in [1.29, 1.82) is 0 Å². The van der Waals surface area contributed by atoms with Crippen molar-refractivity contribution in [3.63, 3.8) is 0 Å². The Kier molecular flexibility index (Phi) is 6.52. The SMILES string of the molecule is CCc1cc(CC(C)(CC)CNCCOC)n(C)n1. The number of aromatic nitrogens is 2. The summed E-state index contributed by atoms with van der Waals surface area (Å²) in [4.78, 5) is 0. The Morgan fingerprint density at radius 1 is 1.42 bits per heavy atom. The number of methoxy groups -OCH3 is 1. The van der Waals surface area contributed by atoms with E-state index in [1.165, 1.54) is 11.4 Å². The van der Waals surface area contributed by atoms with Crippen LogP contribution in [0.2, 0.25) is 0 Å². The van der Waals surface area contributed by atoms with Gasteiger partial charge in [0.25, 0.3) is 0 Å². The number of hydrogen-bond donors (Lipinski definition) is 1. The van der Waals surface area contributed by atoms with Gasteiger partial charge in [-0.15, -0.1) is 0 Å². The molecule has 1 N–H and O–H groups in total. The van der Waals surface area contributed by atoms with Crippen LogP contribution >= 0.6 is 0 Å². The predicted molar refractivity (Wildman–Crippen MR) is 79.4 cm³/mol. The molecule has 1 aromatic rings. The van der Waals surface area contributed by atoms with E-state index in [1.54, 1.807) is 7.11 Å². The molecule has 0 saturated carbocycles. The third-order valence-corrected chi connectivity index (χ3v) is 3.89. The monoisotopic (exact) mass is 267 g/mol. The molecule has 0 aromatic carbocycles. The highest BCUT2D eigenvalue weighted by Gasteiger charge is 2.24. The summed E-state index contributed by atoms with van der Waals surface area (Å²) < 4.78 is 7.10. The lowest BCUT2D eigenvalue weighted by Gasteiger charge is -2.28. The van der Waals surface area contributed by atoms with Gasteiger partial charge in [0.1, 0.15) is 0 Å². The van der Waals surface area contributed by atoms with Crippen molar-refractivity contribution >= 4 is 0 Å². The van der Waals surface area contributed by atoms with Gasteiger partial charge in [0.15, 0.2) is 0 Å². The second kappa shape index (κ2) is 7.65. The summed E-state index contributed by atoms with van der Waals surface area (Å²) in [5.41, 5.74) is 2.78. The topological polar surface area (TPSA) is 39.1 Å². The van der Waals surface area contributed by atoms with Crippen LogP contribution in [0.4, 0.5) is 0 Å². The average Bonchev–Trinajstić information content (AvgIpc) is 2.75. The number of nitrogens with zero attached hydrogens (tertiary/aromatic N) is 2. The minimum absolute atomic E-state index is 0.270. The minimum Gasteiger partial charge on any atom is -0.383 e. The average molecular weight is 267 g/mol. The summed E-state index contributed by atoms with van der Waals surface area (Å²) in [6.07, 6.45) is 3.22. The first-order valence-corrected chi connectivity index (χ1v) is 7.26. The van der Waals surface area contributed by atoms with E-state index < -0.39 is 0 Å². The first-order valence-electron chi connectivity index (χ1n) is 7.26.